The predicted octanol–water partition coefficient (Wildman–Crippen LogP) is 3.94. The summed E-state index contributed by atoms with van der Waals surface area (Å²) in [5.41, 5.74) is 4.07. The maximum Gasteiger partial charge on any atom is 0.261 e. The van der Waals surface area contributed by atoms with Crippen LogP contribution in [0, 0.1) is 20.8 Å². The summed E-state index contributed by atoms with van der Waals surface area (Å²) in [6.45, 7) is 10.4. The number of hydrogen-bond donors (Lipinski definition) is 1. The van der Waals surface area contributed by atoms with Crippen LogP contribution in [-0.2, 0) is 16.1 Å². The predicted molar refractivity (Wildman–Crippen MR) is 122 cm³/mol. The molecule has 0 aliphatic rings. The van der Waals surface area contributed by atoms with Crippen molar-refractivity contribution in [3.8, 4) is 11.5 Å². The Bertz CT molecular complexity index is 910. The van der Waals surface area contributed by atoms with Crippen LogP contribution in [0.4, 0.5) is 0 Å². The van der Waals surface area contributed by atoms with Crippen molar-refractivity contribution in [1.29, 1.82) is 0 Å². The van der Waals surface area contributed by atoms with Crippen molar-refractivity contribution in [3.63, 3.8) is 0 Å². The van der Waals surface area contributed by atoms with Crippen LogP contribution in [0.3, 0.4) is 0 Å². The molecule has 0 aliphatic carbocycles. The molecule has 2 aromatic carbocycles. The number of benzene rings is 2. The zero-order chi connectivity index (χ0) is 23.0. The maximum atomic E-state index is 13.2. The van der Waals surface area contributed by atoms with Crippen LogP contribution < -0.4 is 14.8 Å². The van der Waals surface area contributed by atoms with E-state index in [9.17, 15) is 9.59 Å². The summed E-state index contributed by atoms with van der Waals surface area (Å²) >= 11 is 0. The van der Waals surface area contributed by atoms with Gasteiger partial charge >= 0.3 is 0 Å². The van der Waals surface area contributed by atoms with E-state index in [1.807, 2.05) is 58.0 Å². The molecule has 0 radical (unpaired) electrons. The molecule has 0 fully saturated rings. The molecule has 1 unspecified atom stereocenters. The van der Waals surface area contributed by atoms with Gasteiger partial charge in [-0.1, -0.05) is 25.1 Å². The van der Waals surface area contributed by atoms with Gasteiger partial charge in [0.15, 0.2) is 6.61 Å². The van der Waals surface area contributed by atoms with Crippen LogP contribution >= 0.6 is 0 Å². The van der Waals surface area contributed by atoms with Crippen molar-refractivity contribution < 1.29 is 19.1 Å². The normalized spacial score (nSPS) is 11.5. The molecule has 0 aromatic heterocycles. The lowest BCUT2D eigenvalue weighted by Gasteiger charge is -2.29. The Balaban J connectivity index is 2.21. The van der Waals surface area contributed by atoms with Gasteiger partial charge in [0.2, 0.25) is 5.91 Å². The first-order valence-electron chi connectivity index (χ1n) is 10.7. The second-order valence-corrected chi connectivity index (χ2v) is 7.83. The second kappa shape index (κ2) is 11.4. The van der Waals surface area contributed by atoms with Gasteiger partial charge in [0.05, 0.1) is 7.11 Å². The number of ether oxygens (including phenoxy) is 2. The van der Waals surface area contributed by atoms with Crippen molar-refractivity contribution in [2.75, 3.05) is 20.3 Å². The van der Waals surface area contributed by atoms with Crippen LogP contribution in [0.15, 0.2) is 36.4 Å². The molecule has 1 N–H and O–H groups in total. The molecule has 0 spiro atoms. The first-order valence-corrected chi connectivity index (χ1v) is 10.7. The van der Waals surface area contributed by atoms with Crippen molar-refractivity contribution in [2.45, 2.75) is 53.6 Å². The third kappa shape index (κ3) is 6.74. The summed E-state index contributed by atoms with van der Waals surface area (Å²) < 4.78 is 11.2. The number of nitrogens with one attached hydrogen (secondary N) is 1. The standard InChI is InChI=1S/C25H34N2O4/c1-7-11-26-25(29)20(5)27(15-21-9-8-10-22(14-21)30-6)24(28)16-31-23-13-17(2)12-18(3)19(23)4/h8-10,12-14,20H,7,11,15-16H2,1-6H3,(H,26,29). The summed E-state index contributed by atoms with van der Waals surface area (Å²) in [5, 5.41) is 2.88. The molecule has 0 aliphatic heterocycles. The zero-order valence-corrected chi connectivity index (χ0v) is 19.5. The average Bonchev–Trinajstić information content (AvgIpc) is 2.76. The highest BCUT2D eigenvalue weighted by atomic mass is 16.5. The molecule has 0 saturated heterocycles. The van der Waals surface area contributed by atoms with Gasteiger partial charge in [-0.25, -0.2) is 0 Å². The van der Waals surface area contributed by atoms with Crippen LogP contribution in [0.2, 0.25) is 0 Å². The summed E-state index contributed by atoms with van der Waals surface area (Å²) in [5.74, 6) is 0.964. The number of rotatable bonds is 10. The van der Waals surface area contributed by atoms with Crippen LogP contribution in [-0.4, -0.2) is 43.0 Å². The largest absolute Gasteiger partial charge is 0.497 e. The van der Waals surface area contributed by atoms with E-state index in [1.54, 1.807) is 18.9 Å². The SMILES string of the molecule is CCCNC(=O)C(C)N(Cc1cccc(OC)c1)C(=O)COc1cc(C)cc(C)c1C. The van der Waals surface area contributed by atoms with Crippen molar-refractivity contribution in [3.05, 3.63) is 58.7 Å². The smallest absolute Gasteiger partial charge is 0.261 e. The molecular weight excluding hydrogens is 392 g/mol. The van der Waals surface area contributed by atoms with Crippen molar-refractivity contribution in [1.82, 2.24) is 10.2 Å². The van der Waals surface area contributed by atoms with Gasteiger partial charge in [-0.3, -0.25) is 9.59 Å². The highest BCUT2D eigenvalue weighted by molar-refractivity contribution is 5.88. The summed E-state index contributed by atoms with van der Waals surface area (Å²) in [4.78, 5) is 27.3. The van der Waals surface area contributed by atoms with Gasteiger partial charge in [-0.2, -0.15) is 0 Å². The topological polar surface area (TPSA) is 67.9 Å². The van der Waals surface area contributed by atoms with E-state index in [1.165, 1.54) is 0 Å². The van der Waals surface area contributed by atoms with Gasteiger partial charge in [-0.05, 0) is 74.6 Å². The average molecular weight is 427 g/mol. The fourth-order valence-electron chi connectivity index (χ4n) is 3.32. The van der Waals surface area contributed by atoms with E-state index in [2.05, 4.69) is 11.4 Å². The number of aryl methyl sites for hydroxylation is 2. The maximum absolute atomic E-state index is 13.2. The fraction of sp³-hybridized carbons (Fsp3) is 0.440. The molecule has 1 atom stereocenters. The molecule has 6 nitrogen and oxygen atoms in total. The Labute approximate surface area is 185 Å². The second-order valence-electron chi connectivity index (χ2n) is 7.83. The van der Waals surface area contributed by atoms with E-state index in [0.29, 0.717) is 18.0 Å². The first-order chi connectivity index (χ1) is 14.8. The number of methoxy groups -OCH3 is 1. The Morgan fingerprint density at radius 3 is 2.55 bits per heavy atom. The molecular formula is C25H34N2O4. The molecule has 168 valence electrons. The molecule has 2 amide bonds. The van der Waals surface area contributed by atoms with Crippen LogP contribution in [0.5, 0.6) is 11.5 Å². The Kier molecular flexibility index (Phi) is 8.91. The number of nitrogens with zero attached hydrogens (tertiary/aromatic N) is 1. The molecule has 6 heteroatoms. The van der Waals surface area contributed by atoms with E-state index in [-0.39, 0.29) is 25.0 Å². The Hall–Kier alpha value is -3.02. The molecule has 0 bridgehead atoms. The number of carbonyl (C=O) groups is 2. The van der Waals surface area contributed by atoms with Gasteiger partial charge in [0.25, 0.3) is 5.91 Å². The summed E-state index contributed by atoms with van der Waals surface area (Å²) in [6.07, 6.45) is 0.831. The lowest BCUT2D eigenvalue weighted by atomic mass is 10.1. The van der Waals surface area contributed by atoms with Crippen LogP contribution in [0.25, 0.3) is 0 Å². The van der Waals surface area contributed by atoms with Crippen molar-refractivity contribution in [2.24, 2.45) is 0 Å². The lowest BCUT2D eigenvalue weighted by molar-refractivity contribution is -0.142. The first kappa shape index (κ1) is 24.3. The molecule has 0 heterocycles. The fourth-order valence-corrected chi connectivity index (χ4v) is 3.32. The minimum Gasteiger partial charge on any atom is -0.497 e. The third-order valence-electron chi connectivity index (χ3n) is 5.32. The quantitative estimate of drug-likeness (QED) is 0.625. The number of hydrogen-bond acceptors (Lipinski definition) is 4. The highest BCUT2D eigenvalue weighted by Gasteiger charge is 2.26. The monoisotopic (exact) mass is 426 g/mol. The lowest BCUT2D eigenvalue weighted by Crippen LogP contribution is -2.49. The zero-order valence-electron chi connectivity index (χ0n) is 19.5. The summed E-state index contributed by atoms with van der Waals surface area (Å²) in [7, 11) is 1.60. The molecule has 31 heavy (non-hydrogen) atoms. The van der Waals surface area contributed by atoms with Crippen LogP contribution in [0.1, 0.15) is 42.5 Å². The van der Waals surface area contributed by atoms with Gasteiger partial charge in [0, 0.05) is 13.1 Å². The number of carbonyl (C=O) groups excluding carboxylic acids is 2. The minimum absolute atomic E-state index is 0.140. The molecule has 0 saturated carbocycles. The van der Waals surface area contributed by atoms with E-state index >= 15 is 0 Å². The van der Waals surface area contributed by atoms with E-state index in [0.717, 1.165) is 28.7 Å². The molecule has 2 aromatic rings. The third-order valence-corrected chi connectivity index (χ3v) is 5.32. The van der Waals surface area contributed by atoms with E-state index < -0.39 is 6.04 Å². The van der Waals surface area contributed by atoms with Gasteiger partial charge < -0.3 is 19.7 Å². The Morgan fingerprint density at radius 2 is 1.87 bits per heavy atom. The van der Waals surface area contributed by atoms with Crippen molar-refractivity contribution >= 4 is 11.8 Å². The summed E-state index contributed by atoms with van der Waals surface area (Å²) in [6, 6.07) is 10.9. The highest BCUT2D eigenvalue weighted by Crippen LogP contribution is 2.23. The minimum atomic E-state index is -0.630. The van der Waals surface area contributed by atoms with Gasteiger partial charge in [-0.15, -0.1) is 0 Å². The van der Waals surface area contributed by atoms with E-state index in [4.69, 9.17) is 9.47 Å². The Morgan fingerprint density at radius 1 is 1.13 bits per heavy atom. The van der Waals surface area contributed by atoms with Gasteiger partial charge in [0.1, 0.15) is 17.5 Å². The molecule has 2 rings (SSSR count). The number of amides is 2.